The van der Waals surface area contributed by atoms with Crippen LogP contribution in [0.1, 0.15) is 50.6 Å². The van der Waals surface area contributed by atoms with Crippen molar-refractivity contribution in [3.63, 3.8) is 0 Å². The Morgan fingerprint density at radius 3 is 2.59 bits per heavy atom. The topological polar surface area (TPSA) is 107 Å². The minimum atomic E-state index is -3.46. The highest BCUT2D eigenvalue weighted by Gasteiger charge is 2.44. The van der Waals surface area contributed by atoms with Crippen molar-refractivity contribution in [2.75, 3.05) is 26.1 Å². The first-order valence-electron chi connectivity index (χ1n) is 11.0. The zero-order chi connectivity index (χ0) is 22.9. The molecule has 1 saturated heterocycles. The molecule has 1 aliphatic carbocycles. The van der Waals surface area contributed by atoms with Crippen LogP contribution in [0, 0.1) is 5.82 Å². The van der Waals surface area contributed by atoms with Crippen LogP contribution in [-0.2, 0) is 19.5 Å². The smallest absolute Gasteiger partial charge is 0.410 e. The SMILES string of the molecule is C[C@@H]1C[C@H](NS(C)(=O)=O)C2COC3CCC(CC3)c3ccc(F)c(n3)OCCOC(=O)N21. The maximum absolute atomic E-state index is 14.1. The monoisotopic (exact) mass is 471 g/mol. The van der Waals surface area contributed by atoms with Gasteiger partial charge in [0.1, 0.15) is 13.2 Å². The van der Waals surface area contributed by atoms with Crippen LogP contribution < -0.4 is 9.46 Å². The van der Waals surface area contributed by atoms with Crippen molar-refractivity contribution in [2.24, 2.45) is 0 Å². The van der Waals surface area contributed by atoms with Crippen molar-refractivity contribution in [1.29, 1.82) is 0 Å². The number of hydrogen-bond acceptors (Lipinski definition) is 7. The van der Waals surface area contributed by atoms with Crippen molar-refractivity contribution >= 4 is 16.1 Å². The van der Waals surface area contributed by atoms with Gasteiger partial charge < -0.3 is 14.2 Å². The molecule has 2 fully saturated rings. The van der Waals surface area contributed by atoms with E-state index in [9.17, 15) is 17.6 Å². The van der Waals surface area contributed by atoms with Crippen molar-refractivity contribution < 1.29 is 31.8 Å². The third kappa shape index (κ3) is 5.32. The largest absolute Gasteiger partial charge is 0.472 e. The number of carbonyl (C=O) groups excluding carboxylic acids is 1. The summed E-state index contributed by atoms with van der Waals surface area (Å²) in [7, 11) is -3.46. The van der Waals surface area contributed by atoms with Crippen molar-refractivity contribution in [3.8, 4) is 5.88 Å². The number of aromatic nitrogens is 1. The average Bonchev–Trinajstić information content (AvgIpc) is 3.03. The zero-order valence-corrected chi connectivity index (χ0v) is 19.1. The highest BCUT2D eigenvalue weighted by molar-refractivity contribution is 7.88. The first-order chi connectivity index (χ1) is 15.2. The van der Waals surface area contributed by atoms with E-state index in [-0.39, 0.29) is 43.8 Å². The number of halogens is 1. The Morgan fingerprint density at radius 1 is 1.16 bits per heavy atom. The molecular formula is C21H30FN3O6S. The van der Waals surface area contributed by atoms with Gasteiger partial charge >= 0.3 is 6.09 Å². The fraction of sp³-hybridized carbons (Fsp3) is 0.714. The Labute approximate surface area is 187 Å². The van der Waals surface area contributed by atoms with Gasteiger partial charge in [0.25, 0.3) is 5.88 Å². The summed E-state index contributed by atoms with van der Waals surface area (Å²) in [6.07, 6.45) is 4.29. The van der Waals surface area contributed by atoms with Crippen LogP contribution in [0.5, 0.6) is 5.88 Å². The van der Waals surface area contributed by atoms with E-state index >= 15 is 0 Å². The van der Waals surface area contributed by atoms with Gasteiger partial charge in [-0.3, -0.25) is 4.90 Å². The fourth-order valence-corrected chi connectivity index (χ4v) is 5.74. The quantitative estimate of drug-likeness (QED) is 0.704. The zero-order valence-electron chi connectivity index (χ0n) is 18.3. The molecule has 4 bridgehead atoms. The molecular weight excluding hydrogens is 441 g/mol. The summed E-state index contributed by atoms with van der Waals surface area (Å²) >= 11 is 0. The van der Waals surface area contributed by atoms with Gasteiger partial charge in [0.2, 0.25) is 10.0 Å². The predicted octanol–water partition coefficient (Wildman–Crippen LogP) is 2.17. The third-order valence-corrected chi connectivity index (χ3v) is 7.18. The van der Waals surface area contributed by atoms with Gasteiger partial charge in [0.15, 0.2) is 5.82 Å². The molecule has 11 heteroatoms. The maximum atomic E-state index is 14.1. The van der Waals surface area contributed by atoms with E-state index in [0.717, 1.165) is 37.6 Å². The van der Waals surface area contributed by atoms with Gasteiger partial charge in [-0.15, -0.1) is 0 Å². The lowest BCUT2D eigenvalue weighted by molar-refractivity contribution is -0.0119. The lowest BCUT2D eigenvalue weighted by Gasteiger charge is -2.33. The summed E-state index contributed by atoms with van der Waals surface area (Å²) in [5.74, 6) is -0.443. The molecule has 4 aliphatic rings. The van der Waals surface area contributed by atoms with Crippen LogP contribution in [-0.4, -0.2) is 74.7 Å². The van der Waals surface area contributed by atoms with Crippen LogP contribution in [0.4, 0.5) is 9.18 Å². The van der Waals surface area contributed by atoms with E-state index in [2.05, 4.69) is 9.71 Å². The number of rotatable bonds is 2. The van der Waals surface area contributed by atoms with Crippen LogP contribution in [0.3, 0.4) is 0 Å². The molecule has 9 nitrogen and oxygen atoms in total. The standard InChI is InChI=1S/C21H30FN3O6S/c1-13-11-18(24-32(2,27)28)19-12-31-15-5-3-14(4-6-15)17-8-7-16(22)20(23-17)29-9-10-30-21(26)25(13)19/h7-8,13-15,18-19,24H,3-6,9-12H2,1-2H3/t13-,14?,15?,18+,19?/m1/s1. The number of sulfonamides is 1. The van der Waals surface area contributed by atoms with Crippen LogP contribution in [0.15, 0.2) is 12.1 Å². The molecule has 3 aliphatic heterocycles. The van der Waals surface area contributed by atoms with Crippen LogP contribution in [0.2, 0.25) is 0 Å². The number of carbonyl (C=O) groups is 1. The van der Waals surface area contributed by atoms with Gasteiger partial charge in [-0.25, -0.2) is 27.3 Å². The predicted molar refractivity (Wildman–Crippen MR) is 113 cm³/mol. The summed E-state index contributed by atoms with van der Waals surface area (Å²) in [6, 6.07) is 1.88. The number of fused-ring (bicyclic) bond motifs is 7. The number of nitrogens with zero attached hydrogens (tertiary/aromatic N) is 2. The van der Waals surface area contributed by atoms with E-state index in [1.807, 2.05) is 6.92 Å². The maximum Gasteiger partial charge on any atom is 0.410 e. The summed E-state index contributed by atoms with van der Waals surface area (Å²) in [5.41, 5.74) is 0.789. The summed E-state index contributed by atoms with van der Waals surface area (Å²) in [5, 5.41) is 0. The van der Waals surface area contributed by atoms with Crippen molar-refractivity contribution in [3.05, 3.63) is 23.6 Å². The van der Waals surface area contributed by atoms with Gasteiger partial charge in [-0.05, 0) is 51.2 Å². The van der Waals surface area contributed by atoms with E-state index in [1.54, 1.807) is 11.0 Å². The van der Waals surface area contributed by atoms with Gasteiger partial charge in [-0.1, -0.05) is 0 Å². The normalized spacial score (nSPS) is 31.7. The molecule has 32 heavy (non-hydrogen) atoms. The second-order valence-electron chi connectivity index (χ2n) is 8.85. The molecule has 1 saturated carbocycles. The number of pyridine rings is 1. The molecule has 178 valence electrons. The van der Waals surface area contributed by atoms with Gasteiger partial charge in [-0.2, -0.15) is 0 Å². The molecule has 1 N–H and O–H groups in total. The molecule has 1 amide bonds. The van der Waals surface area contributed by atoms with Crippen molar-refractivity contribution in [1.82, 2.24) is 14.6 Å². The molecule has 4 heterocycles. The molecule has 1 unspecified atom stereocenters. The minimum Gasteiger partial charge on any atom is -0.472 e. The highest BCUT2D eigenvalue weighted by Crippen LogP contribution is 2.35. The van der Waals surface area contributed by atoms with Crippen LogP contribution in [0.25, 0.3) is 0 Å². The highest BCUT2D eigenvalue weighted by atomic mass is 32.2. The Balaban J connectivity index is 1.55. The average molecular weight is 472 g/mol. The lowest BCUT2D eigenvalue weighted by Crippen LogP contribution is -2.50. The number of ether oxygens (including phenoxy) is 3. The molecule has 0 radical (unpaired) electrons. The van der Waals surface area contributed by atoms with E-state index in [4.69, 9.17) is 14.2 Å². The number of hydrogen-bond donors (Lipinski definition) is 1. The number of amides is 1. The second kappa shape index (κ2) is 9.48. The Bertz CT molecular complexity index is 937. The third-order valence-electron chi connectivity index (χ3n) is 6.45. The van der Waals surface area contributed by atoms with E-state index in [1.165, 1.54) is 6.07 Å². The summed E-state index contributed by atoms with van der Waals surface area (Å²) < 4.78 is 57.5. The van der Waals surface area contributed by atoms with Crippen molar-refractivity contribution in [2.45, 2.75) is 69.2 Å². The van der Waals surface area contributed by atoms with E-state index in [0.29, 0.717) is 6.42 Å². The number of nitrogens with one attached hydrogen (secondary N) is 1. The minimum absolute atomic E-state index is 0.00276. The molecule has 5 rings (SSSR count). The molecule has 0 spiro atoms. The fourth-order valence-electron chi connectivity index (χ4n) is 4.94. The molecule has 3 atom stereocenters. The molecule has 1 aromatic heterocycles. The molecule has 0 aromatic carbocycles. The van der Waals surface area contributed by atoms with Gasteiger partial charge in [0.05, 0.1) is 25.0 Å². The summed E-state index contributed by atoms with van der Waals surface area (Å²) in [6.45, 7) is 1.94. The lowest BCUT2D eigenvalue weighted by atomic mass is 9.85. The first-order valence-corrected chi connectivity index (χ1v) is 12.9. The van der Waals surface area contributed by atoms with E-state index < -0.39 is 34.0 Å². The van der Waals surface area contributed by atoms with Gasteiger partial charge in [0, 0.05) is 23.7 Å². The summed E-state index contributed by atoms with van der Waals surface area (Å²) in [4.78, 5) is 18.7. The van der Waals surface area contributed by atoms with Crippen LogP contribution >= 0.6 is 0 Å². The molecule has 1 aromatic rings. The Hall–Kier alpha value is -1.98. The Kier molecular flexibility index (Phi) is 6.87. The second-order valence-corrected chi connectivity index (χ2v) is 10.6. The first kappa shape index (κ1) is 23.2. The Morgan fingerprint density at radius 2 is 1.88 bits per heavy atom.